The van der Waals surface area contributed by atoms with E-state index in [1.165, 1.54) is 0 Å². The standard InChI is InChI=1S/C19H21BrN2O2.C2H5NO/c1-13-7-5-10-18(15(3)21-23-4)19(13)12-24-22-14(2)16-8-6-9-17(20)11-16;1-3-2-4/h5-11H,12H2,1-4H3;2H,1H3,(H,3,4)/b21-15-,22-14+;. The van der Waals surface area contributed by atoms with Crippen LogP contribution in [-0.2, 0) is 21.1 Å². The number of amides is 1. The van der Waals surface area contributed by atoms with Gasteiger partial charge in [-0.15, -0.1) is 0 Å². The molecule has 0 saturated carbocycles. The minimum Gasteiger partial charge on any atom is -0.399 e. The lowest BCUT2D eigenvalue weighted by Gasteiger charge is -2.11. The first-order valence-electron chi connectivity index (χ1n) is 8.64. The summed E-state index contributed by atoms with van der Waals surface area (Å²) in [6.07, 6.45) is 0.625. The van der Waals surface area contributed by atoms with E-state index in [1.54, 1.807) is 14.2 Å². The summed E-state index contributed by atoms with van der Waals surface area (Å²) in [5, 5.41) is 10.5. The molecule has 6 nitrogen and oxygen atoms in total. The van der Waals surface area contributed by atoms with Crippen LogP contribution < -0.4 is 5.32 Å². The molecule has 0 bridgehead atoms. The van der Waals surface area contributed by atoms with E-state index in [0.717, 1.165) is 38.1 Å². The summed E-state index contributed by atoms with van der Waals surface area (Å²) in [4.78, 5) is 19.5. The Kier molecular flexibility index (Phi) is 10.6. The van der Waals surface area contributed by atoms with Crippen molar-refractivity contribution < 1.29 is 14.5 Å². The summed E-state index contributed by atoms with van der Waals surface area (Å²) < 4.78 is 1.02. The first-order chi connectivity index (χ1) is 13.4. The molecule has 2 aromatic rings. The molecular weight excluding hydrogens is 422 g/mol. The van der Waals surface area contributed by atoms with E-state index in [-0.39, 0.29) is 0 Å². The van der Waals surface area contributed by atoms with Gasteiger partial charge in [0.25, 0.3) is 0 Å². The van der Waals surface area contributed by atoms with Crippen LogP contribution in [0.25, 0.3) is 0 Å². The van der Waals surface area contributed by atoms with Crippen LogP contribution in [0.5, 0.6) is 0 Å². The number of hydrogen-bond donors (Lipinski definition) is 1. The van der Waals surface area contributed by atoms with E-state index < -0.39 is 0 Å². The van der Waals surface area contributed by atoms with Crippen LogP contribution in [0.1, 0.15) is 36.1 Å². The fraction of sp³-hybridized carbons (Fsp3) is 0.286. The Morgan fingerprint density at radius 2 is 1.82 bits per heavy atom. The number of benzene rings is 2. The molecule has 0 unspecified atom stereocenters. The minimum absolute atomic E-state index is 0.379. The second-order valence-electron chi connectivity index (χ2n) is 5.83. The molecule has 28 heavy (non-hydrogen) atoms. The van der Waals surface area contributed by atoms with E-state index in [2.05, 4.69) is 31.6 Å². The Balaban J connectivity index is 0.000000892. The third-order valence-corrected chi connectivity index (χ3v) is 4.29. The number of nitrogens with zero attached hydrogens (tertiary/aromatic N) is 2. The molecule has 2 rings (SSSR count). The molecule has 0 spiro atoms. The third-order valence-electron chi connectivity index (χ3n) is 3.80. The van der Waals surface area contributed by atoms with E-state index in [4.69, 9.17) is 14.5 Å². The van der Waals surface area contributed by atoms with E-state index in [9.17, 15) is 0 Å². The zero-order valence-electron chi connectivity index (χ0n) is 16.8. The van der Waals surface area contributed by atoms with Crippen molar-refractivity contribution in [3.05, 3.63) is 69.2 Å². The summed E-state index contributed by atoms with van der Waals surface area (Å²) in [7, 11) is 3.11. The first-order valence-corrected chi connectivity index (χ1v) is 9.43. The Bertz CT molecular complexity index is 835. The first kappa shape index (κ1) is 23.4. The lowest BCUT2D eigenvalue weighted by Crippen LogP contribution is -2.05. The van der Waals surface area contributed by atoms with Gasteiger partial charge in [-0.05, 0) is 38.5 Å². The molecule has 0 atom stereocenters. The third kappa shape index (κ3) is 7.52. The number of oxime groups is 2. The molecule has 0 aliphatic heterocycles. The van der Waals surface area contributed by atoms with Crippen molar-refractivity contribution in [3.8, 4) is 0 Å². The second kappa shape index (κ2) is 12.7. The molecule has 0 fully saturated rings. The van der Waals surface area contributed by atoms with Crippen molar-refractivity contribution in [1.82, 2.24) is 5.32 Å². The van der Waals surface area contributed by atoms with Crippen molar-refractivity contribution in [1.29, 1.82) is 0 Å². The van der Waals surface area contributed by atoms with Gasteiger partial charge in [-0.3, -0.25) is 4.79 Å². The molecule has 0 radical (unpaired) electrons. The number of nitrogens with one attached hydrogen (secondary N) is 1. The minimum atomic E-state index is 0.379. The van der Waals surface area contributed by atoms with Gasteiger partial charge in [0.15, 0.2) is 0 Å². The monoisotopic (exact) mass is 447 g/mol. The molecule has 150 valence electrons. The SMILES string of the molecule is CNC=O.CO/N=C(/C)c1cccc(C)c1CO/N=C(\C)c1cccc(Br)c1. The quantitative estimate of drug-likeness (QED) is 0.387. The molecule has 1 amide bonds. The summed E-state index contributed by atoms with van der Waals surface area (Å²) >= 11 is 3.46. The number of carbonyl (C=O) groups excluding carboxylic acids is 1. The highest BCUT2D eigenvalue weighted by molar-refractivity contribution is 9.10. The van der Waals surface area contributed by atoms with Gasteiger partial charge in [0.05, 0.1) is 11.4 Å². The highest BCUT2D eigenvalue weighted by Gasteiger charge is 2.09. The Hall–Kier alpha value is -2.67. The predicted molar refractivity (Wildman–Crippen MR) is 117 cm³/mol. The Morgan fingerprint density at radius 3 is 2.43 bits per heavy atom. The maximum Gasteiger partial charge on any atom is 0.206 e. The average Bonchev–Trinajstić information content (AvgIpc) is 2.69. The fourth-order valence-electron chi connectivity index (χ4n) is 2.38. The van der Waals surface area contributed by atoms with Gasteiger partial charge in [0.2, 0.25) is 6.41 Å². The van der Waals surface area contributed by atoms with Crippen molar-refractivity contribution in [2.75, 3.05) is 14.2 Å². The van der Waals surface area contributed by atoms with Gasteiger partial charge in [0.1, 0.15) is 13.7 Å². The van der Waals surface area contributed by atoms with Gasteiger partial charge < -0.3 is 15.0 Å². The van der Waals surface area contributed by atoms with Crippen LogP contribution in [-0.4, -0.2) is 32.0 Å². The number of hydrogen-bond acceptors (Lipinski definition) is 5. The molecule has 7 heteroatoms. The zero-order valence-corrected chi connectivity index (χ0v) is 18.4. The summed E-state index contributed by atoms with van der Waals surface area (Å²) in [6, 6.07) is 14.0. The molecule has 2 aromatic carbocycles. The molecular formula is C21H26BrN3O3. The molecule has 1 N–H and O–H groups in total. The lowest BCUT2D eigenvalue weighted by molar-refractivity contribution is -0.109. The van der Waals surface area contributed by atoms with Gasteiger partial charge in [-0.2, -0.15) is 0 Å². The van der Waals surface area contributed by atoms with Gasteiger partial charge in [-0.25, -0.2) is 0 Å². The van der Waals surface area contributed by atoms with Crippen molar-refractivity contribution in [3.63, 3.8) is 0 Å². The van der Waals surface area contributed by atoms with Gasteiger partial charge in [0, 0.05) is 28.2 Å². The zero-order chi connectivity index (χ0) is 20.9. The lowest BCUT2D eigenvalue weighted by atomic mass is 10.00. The van der Waals surface area contributed by atoms with Crippen LogP contribution in [0, 0.1) is 6.92 Å². The number of aryl methyl sites for hydroxylation is 1. The van der Waals surface area contributed by atoms with Crippen molar-refractivity contribution in [2.45, 2.75) is 27.4 Å². The normalized spacial score (nSPS) is 11.2. The van der Waals surface area contributed by atoms with Gasteiger partial charge in [-0.1, -0.05) is 56.6 Å². The molecule has 0 aromatic heterocycles. The maximum atomic E-state index is 9.06. The molecule has 0 aliphatic carbocycles. The van der Waals surface area contributed by atoms with Crippen LogP contribution in [0.3, 0.4) is 0 Å². The topological polar surface area (TPSA) is 72.3 Å². The number of halogens is 1. The van der Waals surface area contributed by atoms with Crippen LogP contribution in [0.2, 0.25) is 0 Å². The number of carbonyl (C=O) groups is 1. The van der Waals surface area contributed by atoms with E-state index >= 15 is 0 Å². The summed E-state index contributed by atoms with van der Waals surface area (Å²) in [5.74, 6) is 0. The van der Waals surface area contributed by atoms with Crippen molar-refractivity contribution >= 4 is 33.8 Å². The molecule has 0 saturated heterocycles. The average molecular weight is 448 g/mol. The fourth-order valence-corrected chi connectivity index (χ4v) is 2.78. The number of rotatable bonds is 7. The van der Waals surface area contributed by atoms with Crippen LogP contribution in [0.15, 0.2) is 57.2 Å². The Morgan fingerprint density at radius 1 is 1.14 bits per heavy atom. The maximum absolute atomic E-state index is 9.06. The highest BCUT2D eigenvalue weighted by atomic mass is 79.9. The van der Waals surface area contributed by atoms with E-state index in [1.807, 2.05) is 63.2 Å². The summed E-state index contributed by atoms with van der Waals surface area (Å²) in [5.41, 5.74) is 5.86. The highest BCUT2D eigenvalue weighted by Crippen LogP contribution is 2.18. The summed E-state index contributed by atoms with van der Waals surface area (Å²) in [6.45, 7) is 6.27. The Labute approximate surface area is 174 Å². The van der Waals surface area contributed by atoms with Crippen LogP contribution >= 0.6 is 15.9 Å². The van der Waals surface area contributed by atoms with Gasteiger partial charge >= 0.3 is 0 Å². The second-order valence-corrected chi connectivity index (χ2v) is 6.74. The van der Waals surface area contributed by atoms with E-state index in [0.29, 0.717) is 13.0 Å². The smallest absolute Gasteiger partial charge is 0.206 e. The molecule has 0 heterocycles. The van der Waals surface area contributed by atoms with Crippen molar-refractivity contribution in [2.24, 2.45) is 10.3 Å². The molecule has 0 aliphatic rings. The van der Waals surface area contributed by atoms with Crippen LogP contribution in [0.4, 0.5) is 0 Å². The predicted octanol–water partition coefficient (Wildman–Crippen LogP) is 4.43. The largest absolute Gasteiger partial charge is 0.399 e.